The average Bonchev–Trinajstić information content (AvgIpc) is 3.86. The van der Waals surface area contributed by atoms with E-state index in [1.54, 1.807) is 41.3 Å². The van der Waals surface area contributed by atoms with Gasteiger partial charge in [0.1, 0.15) is 30.8 Å². The van der Waals surface area contributed by atoms with E-state index in [9.17, 15) is 29.9 Å². The van der Waals surface area contributed by atoms with Crippen LogP contribution in [0.1, 0.15) is 73.1 Å². The van der Waals surface area contributed by atoms with Crippen LogP contribution in [0.2, 0.25) is 0 Å². The van der Waals surface area contributed by atoms with E-state index in [4.69, 9.17) is 50.0 Å². The summed E-state index contributed by atoms with van der Waals surface area (Å²) in [4.78, 5) is 46.8. The van der Waals surface area contributed by atoms with Crippen molar-refractivity contribution < 1.29 is 58.0 Å². The molecule has 4 aliphatic rings. The highest BCUT2D eigenvalue weighted by molar-refractivity contribution is 6.18. The number of oxime groups is 1. The molecule has 3 N–H and O–H groups in total. The zero-order chi connectivity index (χ0) is 49.7. The molecule has 0 saturated heterocycles. The van der Waals surface area contributed by atoms with Crippen LogP contribution in [0.15, 0.2) is 120 Å². The number of carbonyl (C=O) groups is 2. The molecule has 18 heteroatoms. The van der Waals surface area contributed by atoms with Crippen LogP contribution in [0.4, 0.5) is 15.3 Å². The lowest BCUT2D eigenvalue weighted by Gasteiger charge is -2.59. The first-order valence-electron chi connectivity index (χ1n) is 24.0. The molecule has 2 aliphatic heterocycles. The summed E-state index contributed by atoms with van der Waals surface area (Å²) >= 11 is 6.13. The smallest absolute Gasteiger partial charge is 0.412 e. The summed E-state index contributed by atoms with van der Waals surface area (Å²) in [6, 6.07) is 25.2. The monoisotopic (exact) mass is 994 g/mol. The van der Waals surface area contributed by atoms with Gasteiger partial charge in [-0.1, -0.05) is 66.5 Å². The highest BCUT2D eigenvalue weighted by Crippen LogP contribution is 2.62. The maximum atomic E-state index is 14.8. The third kappa shape index (κ3) is 11.8. The summed E-state index contributed by atoms with van der Waals surface area (Å²) in [5.41, 5.74) is 4.19. The normalized spacial score (nSPS) is 22.0. The fraction of sp³-hybridized carbons (Fsp3) is 0.415. The second kappa shape index (κ2) is 24.0. The van der Waals surface area contributed by atoms with Crippen molar-refractivity contribution in [2.75, 3.05) is 39.1 Å². The Bertz CT molecular complexity index is 2560. The predicted molar refractivity (Wildman–Crippen MR) is 262 cm³/mol. The van der Waals surface area contributed by atoms with Gasteiger partial charge in [-0.2, -0.15) is 0 Å². The molecule has 6 unspecified atom stereocenters. The van der Waals surface area contributed by atoms with Gasteiger partial charge in [0.05, 0.1) is 29.0 Å². The fourth-order valence-corrected chi connectivity index (χ4v) is 10.3. The molecule has 17 nitrogen and oxygen atoms in total. The number of halogens is 1. The van der Waals surface area contributed by atoms with E-state index in [-0.39, 0.29) is 88.5 Å². The number of alkyl halides is 1. The molecule has 376 valence electrons. The number of nitrogens with one attached hydrogen (secondary N) is 1. The Balaban J connectivity index is 1.29. The molecule has 0 radical (unpaired) electrons. The zero-order valence-corrected chi connectivity index (χ0v) is 40.1. The van der Waals surface area contributed by atoms with Gasteiger partial charge in [-0.05, 0) is 102 Å². The van der Waals surface area contributed by atoms with E-state index in [1.165, 1.54) is 12.1 Å². The Hall–Kier alpha value is -6.66. The second-order valence-electron chi connectivity index (χ2n) is 17.8. The molecule has 4 aromatic carbocycles. The van der Waals surface area contributed by atoms with Crippen molar-refractivity contribution in [1.82, 2.24) is 10.2 Å². The van der Waals surface area contributed by atoms with Gasteiger partial charge >= 0.3 is 12.2 Å². The number of nitro benzene ring substituents is 1. The topological polar surface area (TPSA) is 210 Å². The number of carbonyl (C=O) groups excluding carboxylic acids is 2. The molecule has 1 fully saturated rings. The quantitative estimate of drug-likeness (QED) is 0.0208. The Morgan fingerprint density at radius 3 is 2.42 bits per heavy atom. The Morgan fingerprint density at radius 2 is 1.68 bits per heavy atom. The van der Waals surface area contributed by atoms with Crippen LogP contribution in [0.5, 0.6) is 23.0 Å². The summed E-state index contributed by atoms with van der Waals surface area (Å²) in [6.45, 7) is 4.25. The van der Waals surface area contributed by atoms with E-state index in [0.29, 0.717) is 72.6 Å². The number of amides is 2. The van der Waals surface area contributed by atoms with Crippen LogP contribution in [0.25, 0.3) is 0 Å². The van der Waals surface area contributed by atoms with Crippen LogP contribution < -0.4 is 24.3 Å². The van der Waals surface area contributed by atoms with Gasteiger partial charge in [0.15, 0.2) is 11.5 Å². The van der Waals surface area contributed by atoms with Gasteiger partial charge in [-0.3, -0.25) is 15.0 Å². The molecule has 2 amide bonds. The van der Waals surface area contributed by atoms with E-state index in [2.05, 4.69) is 18.0 Å². The number of hydrogen-bond donors (Lipinski definition) is 3. The Morgan fingerprint density at radius 1 is 0.930 bits per heavy atom. The number of rotatable bonds is 23. The van der Waals surface area contributed by atoms with E-state index in [1.807, 2.05) is 48.5 Å². The Kier molecular flexibility index (Phi) is 17.1. The molecule has 2 aliphatic carbocycles. The molecule has 0 bridgehead atoms. The maximum absolute atomic E-state index is 14.8. The van der Waals surface area contributed by atoms with E-state index < -0.39 is 40.8 Å². The first-order valence-corrected chi connectivity index (χ1v) is 24.5. The zero-order valence-electron chi connectivity index (χ0n) is 39.3. The lowest BCUT2D eigenvalue weighted by molar-refractivity contribution is -0.384. The van der Waals surface area contributed by atoms with Crippen molar-refractivity contribution in [3.63, 3.8) is 0 Å². The number of benzene rings is 4. The van der Waals surface area contributed by atoms with Gasteiger partial charge in [0.2, 0.25) is 12.6 Å². The van der Waals surface area contributed by atoms with Crippen molar-refractivity contribution in [3.05, 3.63) is 148 Å². The molecule has 8 rings (SSSR count). The van der Waals surface area contributed by atoms with Gasteiger partial charge in [0, 0.05) is 56.3 Å². The van der Waals surface area contributed by atoms with Crippen molar-refractivity contribution >= 4 is 35.2 Å². The SMILES string of the molecule is C=CCOC12Oc3ccc(OC(=O)NCc4ccccc4)cc3C3C(CCCCO)C(CCCCO)C=C(C(=NOCc4ccc([N+](=O)[O-])cc4)CC1N(Cc1ccc4c(c1)OCO4)C(=O)OCCCl)C32. The largest absolute Gasteiger partial charge is 0.459 e. The van der Waals surface area contributed by atoms with Gasteiger partial charge in [-0.15, -0.1) is 18.2 Å². The van der Waals surface area contributed by atoms with Crippen molar-refractivity contribution in [3.8, 4) is 23.0 Å². The summed E-state index contributed by atoms with van der Waals surface area (Å²) in [5.74, 6) is -1.15. The number of unbranched alkanes of at least 4 members (excludes halogenated alkanes) is 2. The molecular weight excluding hydrogens is 936 g/mol. The number of nitro groups is 1. The highest BCUT2D eigenvalue weighted by atomic mass is 35.5. The summed E-state index contributed by atoms with van der Waals surface area (Å²) in [7, 11) is 0. The number of non-ortho nitro benzene ring substituents is 1. The lowest BCUT2D eigenvalue weighted by Crippen LogP contribution is -2.70. The molecule has 2 heterocycles. The second-order valence-corrected chi connectivity index (χ2v) is 18.2. The number of aliphatic hydroxyl groups is 2. The number of nitrogens with zero attached hydrogens (tertiary/aromatic N) is 3. The van der Waals surface area contributed by atoms with Gasteiger partial charge in [0.25, 0.3) is 5.69 Å². The molecule has 0 spiro atoms. The van der Waals surface area contributed by atoms with E-state index >= 15 is 0 Å². The maximum Gasteiger partial charge on any atom is 0.412 e. The highest BCUT2D eigenvalue weighted by Gasteiger charge is 2.66. The van der Waals surface area contributed by atoms with E-state index in [0.717, 1.165) is 16.7 Å². The van der Waals surface area contributed by atoms with Crippen molar-refractivity contribution in [1.29, 1.82) is 0 Å². The van der Waals surface area contributed by atoms with Gasteiger partial charge in [-0.25, -0.2) is 9.59 Å². The Labute approximate surface area is 417 Å². The molecular formula is C53H59ClN4O13. The standard InChI is InChI=1S/C53H59ClN4O13/c1-2-25-68-53-48(57(52(62)65-26-22-54)32-37-16-20-46-47(27-37)67-34-66-46)30-44(56-69-33-36-14-17-39(18-15-36)58(63)64)42-28-38(12-6-8-23-59)41(13-7-9-24-60)49(50(42)53)43-29-40(19-21-45(43)71-53)70-51(61)55-31-35-10-4-3-5-11-35/h2-5,10-11,14-21,27-29,38,41,48-50,59-60H,1,6-9,12-13,22-26,30-34H2,(H,55,61). The van der Waals surface area contributed by atoms with Gasteiger partial charge < -0.3 is 48.8 Å². The third-order valence-corrected chi connectivity index (χ3v) is 13.5. The lowest BCUT2D eigenvalue weighted by atomic mass is 9.55. The van der Waals surface area contributed by atoms with Crippen LogP contribution in [-0.4, -0.2) is 88.9 Å². The molecule has 6 atom stereocenters. The number of ether oxygens (including phenoxy) is 6. The van der Waals surface area contributed by atoms with Crippen molar-refractivity contribution in [2.45, 2.75) is 82.4 Å². The first kappa shape index (κ1) is 50.7. The minimum atomic E-state index is -1.65. The summed E-state index contributed by atoms with van der Waals surface area (Å²) in [5, 5.41) is 39.2. The minimum Gasteiger partial charge on any atom is -0.459 e. The number of fused-ring (bicyclic) bond motifs is 3. The molecule has 71 heavy (non-hydrogen) atoms. The molecule has 0 aromatic heterocycles. The minimum absolute atomic E-state index is 0.000206. The molecule has 1 saturated carbocycles. The van der Waals surface area contributed by atoms with Crippen LogP contribution in [0.3, 0.4) is 0 Å². The van der Waals surface area contributed by atoms with Crippen LogP contribution >= 0.6 is 11.6 Å². The summed E-state index contributed by atoms with van der Waals surface area (Å²) in [6.07, 6.45) is 6.44. The molecule has 4 aromatic rings. The third-order valence-electron chi connectivity index (χ3n) is 13.4. The number of hydrogen-bond acceptors (Lipinski definition) is 14. The van der Waals surface area contributed by atoms with Crippen molar-refractivity contribution in [2.24, 2.45) is 22.9 Å². The van der Waals surface area contributed by atoms with Crippen LogP contribution in [-0.2, 0) is 34.0 Å². The number of aliphatic hydroxyl groups excluding tert-OH is 2. The fourth-order valence-electron chi connectivity index (χ4n) is 10.3. The number of allylic oxidation sites excluding steroid dienone is 1. The first-order chi connectivity index (χ1) is 34.7. The predicted octanol–water partition coefficient (Wildman–Crippen LogP) is 9.32. The van der Waals surface area contributed by atoms with Crippen LogP contribution in [0, 0.1) is 27.9 Å². The summed E-state index contributed by atoms with van der Waals surface area (Å²) < 4.78 is 37.6. The average molecular weight is 996 g/mol.